The van der Waals surface area contributed by atoms with E-state index in [1.54, 1.807) is 6.20 Å². The maximum absolute atomic E-state index is 12.1. The van der Waals surface area contributed by atoms with Crippen molar-refractivity contribution in [1.82, 2.24) is 20.6 Å². The van der Waals surface area contributed by atoms with E-state index < -0.39 is 0 Å². The van der Waals surface area contributed by atoms with Gasteiger partial charge in [-0.15, -0.1) is 0 Å². The van der Waals surface area contributed by atoms with E-state index in [1.807, 2.05) is 6.07 Å². The highest BCUT2D eigenvalue weighted by Crippen LogP contribution is 2.17. The van der Waals surface area contributed by atoms with Crippen LogP contribution in [-0.2, 0) is 16.1 Å². The second-order valence-corrected chi connectivity index (χ2v) is 5.78. The standard InChI is InChI=1S/C15H21N5O2/c21-14-4-3-11(9-17-14)15(22)18-10-12-16-6-5-13(19-12)20-7-1-2-8-20/h5-6,11H,1-4,7-10H2,(H,17,21)(H,18,22). The largest absolute Gasteiger partial charge is 0.357 e. The lowest BCUT2D eigenvalue weighted by Gasteiger charge is -2.21. The number of hydrogen-bond donors (Lipinski definition) is 2. The molecule has 1 aromatic rings. The third-order valence-corrected chi connectivity index (χ3v) is 4.18. The molecule has 0 spiro atoms. The summed E-state index contributed by atoms with van der Waals surface area (Å²) in [6, 6.07) is 1.91. The maximum Gasteiger partial charge on any atom is 0.225 e. The Kier molecular flexibility index (Phi) is 4.50. The Morgan fingerprint density at radius 2 is 2.23 bits per heavy atom. The molecule has 0 radical (unpaired) electrons. The van der Waals surface area contributed by atoms with Gasteiger partial charge in [0.15, 0.2) is 0 Å². The van der Waals surface area contributed by atoms with Crippen molar-refractivity contribution in [3.05, 3.63) is 18.1 Å². The van der Waals surface area contributed by atoms with Crippen LogP contribution in [0.5, 0.6) is 0 Å². The topological polar surface area (TPSA) is 87.2 Å². The van der Waals surface area contributed by atoms with Gasteiger partial charge in [-0.25, -0.2) is 9.97 Å². The van der Waals surface area contributed by atoms with Gasteiger partial charge in [-0.2, -0.15) is 0 Å². The number of carbonyl (C=O) groups is 2. The predicted octanol–water partition coefficient (Wildman–Crippen LogP) is 0.219. The Morgan fingerprint density at radius 1 is 1.41 bits per heavy atom. The molecular weight excluding hydrogens is 282 g/mol. The highest BCUT2D eigenvalue weighted by Gasteiger charge is 2.24. The highest BCUT2D eigenvalue weighted by molar-refractivity contribution is 5.83. The first-order valence-corrected chi connectivity index (χ1v) is 7.83. The van der Waals surface area contributed by atoms with Crippen LogP contribution in [0.25, 0.3) is 0 Å². The summed E-state index contributed by atoms with van der Waals surface area (Å²) in [7, 11) is 0. The van der Waals surface area contributed by atoms with Crippen LogP contribution >= 0.6 is 0 Å². The first-order chi connectivity index (χ1) is 10.7. The lowest BCUT2D eigenvalue weighted by atomic mass is 9.98. The predicted molar refractivity (Wildman–Crippen MR) is 81.1 cm³/mol. The van der Waals surface area contributed by atoms with E-state index >= 15 is 0 Å². The Hall–Kier alpha value is -2.18. The molecule has 0 bridgehead atoms. The first-order valence-electron chi connectivity index (χ1n) is 7.83. The number of hydrogen-bond acceptors (Lipinski definition) is 5. The lowest BCUT2D eigenvalue weighted by molar-refractivity contribution is -0.129. The molecule has 1 aromatic heterocycles. The molecule has 2 amide bonds. The Bertz CT molecular complexity index is 547. The van der Waals surface area contributed by atoms with Crippen LogP contribution in [0.1, 0.15) is 31.5 Å². The van der Waals surface area contributed by atoms with Gasteiger partial charge in [0.1, 0.15) is 11.6 Å². The van der Waals surface area contributed by atoms with Crippen LogP contribution < -0.4 is 15.5 Å². The second-order valence-electron chi connectivity index (χ2n) is 5.78. The van der Waals surface area contributed by atoms with Crippen molar-refractivity contribution in [2.75, 3.05) is 24.5 Å². The second kappa shape index (κ2) is 6.72. The fourth-order valence-electron chi connectivity index (χ4n) is 2.86. The van der Waals surface area contributed by atoms with Crippen molar-refractivity contribution in [3.63, 3.8) is 0 Å². The van der Waals surface area contributed by atoms with E-state index in [9.17, 15) is 9.59 Å². The minimum Gasteiger partial charge on any atom is -0.357 e. The molecule has 1 unspecified atom stereocenters. The number of piperidine rings is 1. The fourth-order valence-corrected chi connectivity index (χ4v) is 2.86. The van der Waals surface area contributed by atoms with E-state index in [0.717, 1.165) is 18.9 Å². The monoisotopic (exact) mass is 303 g/mol. The third-order valence-electron chi connectivity index (χ3n) is 4.18. The smallest absolute Gasteiger partial charge is 0.225 e. The molecule has 7 heteroatoms. The average molecular weight is 303 g/mol. The molecule has 0 aliphatic carbocycles. The van der Waals surface area contributed by atoms with E-state index in [0.29, 0.717) is 31.8 Å². The van der Waals surface area contributed by atoms with Gasteiger partial charge in [-0.3, -0.25) is 9.59 Å². The van der Waals surface area contributed by atoms with E-state index in [1.165, 1.54) is 12.8 Å². The number of carbonyl (C=O) groups excluding carboxylic acids is 2. The summed E-state index contributed by atoms with van der Waals surface area (Å²) in [6.07, 6.45) is 5.15. The average Bonchev–Trinajstić information content (AvgIpc) is 3.08. The summed E-state index contributed by atoms with van der Waals surface area (Å²) in [4.78, 5) is 34.2. The van der Waals surface area contributed by atoms with Gasteiger partial charge in [0.25, 0.3) is 0 Å². The van der Waals surface area contributed by atoms with Crippen molar-refractivity contribution in [2.24, 2.45) is 5.92 Å². The maximum atomic E-state index is 12.1. The molecule has 2 N–H and O–H groups in total. The molecule has 22 heavy (non-hydrogen) atoms. The number of anilines is 1. The quantitative estimate of drug-likeness (QED) is 0.831. The Balaban J connectivity index is 1.53. The highest BCUT2D eigenvalue weighted by atomic mass is 16.2. The zero-order valence-corrected chi connectivity index (χ0v) is 12.5. The van der Waals surface area contributed by atoms with Crippen LogP contribution in [-0.4, -0.2) is 41.4 Å². The number of nitrogens with one attached hydrogen (secondary N) is 2. The normalized spacial score (nSPS) is 21.5. The molecule has 2 saturated heterocycles. The SMILES string of the molecule is O=C1CCC(C(=O)NCc2nccc(N3CCCC3)n2)CN1. The zero-order chi connectivity index (χ0) is 15.4. The minimum atomic E-state index is -0.153. The number of nitrogens with zero attached hydrogens (tertiary/aromatic N) is 3. The van der Waals surface area contributed by atoms with Gasteiger partial charge < -0.3 is 15.5 Å². The summed E-state index contributed by atoms with van der Waals surface area (Å²) in [5, 5.41) is 5.59. The summed E-state index contributed by atoms with van der Waals surface area (Å²) >= 11 is 0. The minimum absolute atomic E-state index is 0.0192. The van der Waals surface area contributed by atoms with E-state index in [2.05, 4.69) is 25.5 Å². The Labute approximate surface area is 129 Å². The Morgan fingerprint density at radius 3 is 2.95 bits per heavy atom. The van der Waals surface area contributed by atoms with Gasteiger partial charge in [-0.05, 0) is 25.3 Å². The molecular formula is C15H21N5O2. The summed E-state index contributed by atoms with van der Waals surface area (Å²) in [5.74, 6) is 1.37. The molecule has 118 valence electrons. The number of aromatic nitrogens is 2. The van der Waals surface area contributed by atoms with Crippen molar-refractivity contribution < 1.29 is 9.59 Å². The van der Waals surface area contributed by atoms with E-state index in [4.69, 9.17) is 0 Å². The van der Waals surface area contributed by atoms with Gasteiger partial charge >= 0.3 is 0 Å². The van der Waals surface area contributed by atoms with Gasteiger partial charge in [0, 0.05) is 32.3 Å². The number of amides is 2. The van der Waals surface area contributed by atoms with Crippen molar-refractivity contribution >= 4 is 17.6 Å². The third kappa shape index (κ3) is 3.52. The molecule has 2 aliphatic heterocycles. The molecule has 2 aliphatic rings. The lowest BCUT2D eigenvalue weighted by Crippen LogP contribution is -2.42. The molecule has 0 aromatic carbocycles. The molecule has 0 saturated carbocycles. The van der Waals surface area contributed by atoms with Crippen molar-refractivity contribution in [3.8, 4) is 0 Å². The summed E-state index contributed by atoms with van der Waals surface area (Å²) in [5.41, 5.74) is 0. The van der Waals surface area contributed by atoms with Crippen LogP contribution in [0, 0.1) is 5.92 Å². The fraction of sp³-hybridized carbons (Fsp3) is 0.600. The van der Waals surface area contributed by atoms with Crippen LogP contribution in [0.15, 0.2) is 12.3 Å². The molecule has 2 fully saturated rings. The van der Waals surface area contributed by atoms with Crippen molar-refractivity contribution in [2.45, 2.75) is 32.2 Å². The summed E-state index contributed by atoms with van der Waals surface area (Å²) < 4.78 is 0. The van der Waals surface area contributed by atoms with E-state index in [-0.39, 0.29) is 17.7 Å². The van der Waals surface area contributed by atoms with Gasteiger partial charge in [-0.1, -0.05) is 0 Å². The van der Waals surface area contributed by atoms with Gasteiger partial charge in [0.2, 0.25) is 11.8 Å². The van der Waals surface area contributed by atoms with Crippen molar-refractivity contribution in [1.29, 1.82) is 0 Å². The first kappa shape index (κ1) is 14.7. The molecule has 3 heterocycles. The van der Waals surface area contributed by atoms with Crippen LogP contribution in [0.4, 0.5) is 5.82 Å². The van der Waals surface area contributed by atoms with Crippen LogP contribution in [0.2, 0.25) is 0 Å². The summed E-state index contributed by atoms with van der Waals surface area (Å²) in [6.45, 7) is 2.81. The molecule has 7 nitrogen and oxygen atoms in total. The van der Waals surface area contributed by atoms with Crippen LogP contribution in [0.3, 0.4) is 0 Å². The number of rotatable bonds is 4. The zero-order valence-electron chi connectivity index (χ0n) is 12.5. The molecule has 3 rings (SSSR count). The molecule has 1 atom stereocenters. The van der Waals surface area contributed by atoms with Gasteiger partial charge in [0.05, 0.1) is 12.5 Å².